The van der Waals surface area contributed by atoms with Gasteiger partial charge in [0.05, 0.1) is 5.69 Å². The molecule has 1 aromatic rings. The van der Waals surface area contributed by atoms with Gasteiger partial charge in [-0.2, -0.15) is 5.10 Å². The van der Waals surface area contributed by atoms with Crippen molar-refractivity contribution in [3.63, 3.8) is 0 Å². The van der Waals surface area contributed by atoms with E-state index >= 15 is 0 Å². The quantitative estimate of drug-likeness (QED) is 0.617. The summed E-state index contributed by atoms with van der Waals surface area (Å²) in [7, 11) is 0. The van der Waals surface area contributed by atoms with E-state index in [4.69, 9.17) is 0 Å². The molecule has 16 heavy (non-hydrogen) atoms. The third-order valence-electron chi connectivity index (χ3n) is 2.58. The van der Waals surface area contributed by atoms with Gasteiger partial charge in [-0.3, -0.25) is 4.68 Å². The highest BCUT2D eigenvalue weighted by molar-refractivity contribution is 9.09. The molecule has 92 valence electrons. The first kappa shape index (κ1) is 13.7. The van der Waals surface area contributed by atoms with Crippen LogP contribution in [0.1, 0.15) is 45.3 Å². The molecule has 0 saturated heterocycles. The zero-order valence-electron chi connectivity index (χ0n) is 10.4. The summed E-state index contributed by atoms with van der Waals surface area (Å²) in [6.45, 7) is 8.38. The second kappa shape index (κ2) is 7.07. The average Bonchev–Trinajstić information content (AvgIpc) is 2.72. The van der Waals surface area contributed by atoms with Crippen LogP contribution in [0.25, 0.3) is 0 Å². The SMILES string of the molecule is CCC(Br)CCNCc1ccn(C(C)C)n1. The fraction of sp³-hybridized carbons (Fsp3) is 0.750. The molecule has 0 aliphatic carbocycles. The topological polar surface area (TPSA) is 29.9 Å². The first-order valence-corrected chi connectivity index (χ1v) is 6.93. The molecule has 0 fully saturated rings. The van der Waals surface area contributed by atoms with Crippen molar-refractivity contribution >= 4 is 15.9 Å². The van der Waals surface area contributed by atoms with Crippen molar-refractivity contribution < 1.29 is 0 Å². The van der Waals surface area contributed by atoms with Crippen molar-refractivity contribution in [2.24, 2.45) is 0 Å². The molecule has 1 unspecified atom stereocenters. The molecular weight excluding hydrogens is 266 g/mol. The summed E-state index contributed by atoms with van der Waals surface area (Å²) in [5.74, 6) is 0. The van der Waals surface area contributed by atoms with Crippen LogP contribution in [0.5, 0.6) is 0 Å². The van der Waals surface area contributed by atoms with E-state index in [9.17, 15) is 0 Å². The number of nitrogens with zero attached hydrogens (tertiary/aromatic N) is 2. The van der Waals surface area contributed by atoms with Gasteiger partial charge < -0.3 is 5.32 Å². The highest BCUT2D eigenvalue weighted by atomic mass is 79.9. The summed E-state index contributed by atoms with van der Waals surface area (Å²) >= 11 is 3.63. The standard InChI is InChI=1S/C12H22BrN3/c1-4-11(13)5-7-14-9-12-6-8-16(15-12)10(2)3/h6,8,10-11,14H,4-5,7,9H2,1-3H3. The van der Waals surface area contributed by atoms with Crippen molar-refractivity contribution in [3.8, 4) is 0 Å². The Morgan fingerprint density at radius 1 is 1.50 bits per heavy atom. The maximum atomic E-state index is 4.49. The third-order valence-corrected chi connectivity index (χ3v) is 3.68. The van der Waals surface area contributed by atoms with Crippen LogP contribution in [0, 0.1) is 0 Å². The summed E-state index contributed by atoms with van der Waals surface area (Å²) in [5, 5.41) is 7.90. The molecule has 0 saturated carbocycles. The Hall–Kier alpha value is -0.350. The van der Waals surface area contributed by atoms with Gasteiger partial charge in [0.2, 0.25) is 0 Å². The minimum absolute atomic E-state index is 0.445. The van der Waals surface area contributed by atoms with Crippen LogP contribution >= 0.6 is 15.9 Å². The Bertz CT molecular complexity index is 296. The van der Waals surface area contributed by atoms with Gasteiger partial charge >= 0.3 is 0 Å². The van der Waals surface area contributed by atoms with Gasteiger partial charge in [0.1, 0.15) is 0 Å². The fourth-order valence-electron chi connectivity index (χ4n) is 1.44. The predicted molar refractivity (Wildman–Crippen MR) is 71.9 cm³/mol. The summed E-state index contributed by atoms with van der Waals surface area (Å²) in [4.78, 5) is 0.633. The Balaban J connectivity index is 2.21. The molecule has 3 nitrogen and oxygen atoms in total. The minimum Gasteiger partial charge on any atom is -0.311 e. The number of rotatable bonds is 7. The molecule has 0 aliphatic heterocycles. The molecule has 1 heterocycles. The summed E-state index contributed by atoms with van der Waals surface area (Å²) < 4.78 is 2.00. The van der Waals surface area contributed by atoms with Crippen molar-refractivity contribution in [1.29, 1.82) is 0 Å². The molecule has 0 bridgehead atoms. The van der Waals surface area contributed by atoms with Crippen LogP contribution in [0.4, 0.5) is 0 Å². The number of aromatic nitrogens is 2. The number of hydrogen-bond acceptors (Lipinski definition) is 2. The second-order valence-corrected chi connectivity index (χ2v) is 5.65. The minimum atomic E-state index is 0.445. The summed E-state index contributed by atoms with van der Waals surface area (Å²) in [6.07, 6.45) is 4.39. The molecule has 1 N–H and O–H groups in total. The molecule has 4 heteroatoms. The van der Waals surface area contributed by atoms with Gasteiger partial charge in [-0.25, -0.2) is 0 Å². The smallest absolute Gasteiger partial charge is 0.0762 e. The van der Waals surface area contributed by atoms with Crippen LogP contribution in [0.3, 0.4) is 0 Å². The van der Waals surface area contributed by atoms with Crippen molar-refractivity contribution in [2.45, 2.75) is 51.0 Å². The lowest BCUT2D eigenvalue weighted by Crippen LogP contribution is -2.18. The fourth-order valence-corrected chi connectivity index (χ4v) is 1.67. The van der Waals surface area contributed by atoms with Crippen LogP contribution in [0.2, 0.25) is 0 Å². The van der Waals surface area contributed by atoms with Crippen molar-refractivity contribution in [3.05, 3.63) is 18.0 Å². The molecule has 1 aromatic heterocycles. The zero-order valence-corrected chi connectivity index (χ0v) is 12.0. The highest BCUT2D eigenvalue weighted by Gasteiger charge is 2.02. The third kappa shape index (κ3) is 4.66. The van der Waals surface area contributed by atoms with Gasteiger partial charge in [0, 0.05) is 23.6 Å². The van der Waals surface area contributed by atoms with E-state index in [1.165, 1.54) is 12.8 Å². The lowest BCUT2D eigenvalue weighted by Gasteiger charge is -2.07. The zero-order chi connectivity index (χ0) is 12.0. The van der Waals surface area contributed by atoms with Crippen LogP contribution in [0.15, 0.2) is 12.3 Å². The Kier molecular flexibility index (Phi) is 6.06. The first-order chi connectivity index (χ1) is 7.63. The molecule has 0 aromatic carbocycles. The van der Waals surface area contributed by atoms with E-state index in [1.54, 1.807) is 0 Å². The largest absolute Gasteiger partial charge is 0.311 e. The summed E-state index contributed by atoms with van der Waals surface area (Å²) in [6, 6.07) is 2.53. The number of hydrogen-bond donors (Lipinski definition) is 1. The van der Waals surface area contributed by atoms with E-state index in [2.05, 4.69) is 53.2 Å². The van der Waals surface area contributed by atoms with E-state index < -0.39 is 0 Å². The summed E-state index contributed by atoms with van der Waals surface area (Å²) in [5.41, 5.74) is 1.12. The normalized spacial score (nSPS) is 13.3. The maximum absolute atomic E-state index is 4.49. The Morgan fingerprint density at radius 3 is 2.81 bits per heavy atom. The maximum Gasteiger partial charge on any atom is 0.0762 e. The van der Waals surface area contributed by atoms with Gasteiger partial charge in [-0.05, 0) is 39.3 Å². The number of nitrogens with one attached hydrogen (secondary N) is 1. The van der Waals surface area contributed by atoms with E-state index in [-0.39, 0.29) is 0 Å². The molecule has 0 aliphatic rings. The van der Waals surface area contributed by atoms with Crippen LogP contribution < -0.4 is 5.32 Å². The van der Waals surface area contributed by atoms with Crippen molar-refractivity contribution in [1.82, 2.24) is 15.1 Å². The van der Waals surface area contributed by atoms with Gasteiger partial charge in [0.25, 0.3) is 0 Å². The monoisotopic (exact) mass is 287 g/mol. The molecule has 0 amide bonds. The van der Waals surface area contributed by atoms with Crippen LogP contribution in [-0.4, -0.2) is 21.2 Å². The lowest BCUT2D eigenvalue weighted by molar-refractivity contribution is 0.520. The van der Waals surface area contributed by atoms with Gasteiger partial charge in [-0.1, -0.05) is 22.9 Å². The second-order valence-electron chi connectivity index (χ2n) is 4.35. The molecule has 1 rings (SSSR count). The molecular formula is C12H22BrN3. The lowest BCUT2D eigenvalue weighted by atomic mass is 10.2. The van der Waals surface area contributed by atoms with Crippen LogP contribution in [-0.2, 0) is 6.54 Å². The molecule has 1 atom stereocenters. The van der Waals surface area contributed by atoms with E-state index in [1.807, 2.05) is 10.9 Å². The van der Waals surface area contributed by atoms with E-state index in [0.717, 1.165) is 18.8 Å². The number of halogens is 1. The van der Waals surface area contributed by atoms with Gasteiger partial charge in [-0.15, -0.1) is 0 Å². The molecule has 0 radical (unpaired) electrons. The highest BCUT2D eigenvalue weighted by Crippen LogP contribution is 2.08. The van der Waals surface area contributed by atoms with E-state index in [0.29, 0.717) is 10.9 Å². The Morgan fingerprint density at radius 2 is 2.25 bits per heavy atom. The average molecular weight is 288 g/mol. The van der Waals surface area contributed by atoms with Gasteiger partial charge in [0.15, 0.2) is 0 Å². The predicted octanol–water partition coefficient (Wildman–Crippen LogP) is 3.12. The van der Waals surface area contributed by atoms with Crippen molar-refractivity contribution in [2.75, 3.05) is 6.54 Å². The number of alkyl halides is 1. The first-order valence-electron chi connectivity index (χ1n) is 6.02. The Labute approximate surface area is 107 Å². The molecule has 0 spiro atoms.